The standard InChI is InChI=1S/C14H22N2O4S/c1-15(10-12-5-3-7-14(9-12)20-2)21(18,19)16-8-4-6-13(17)11-16/h3,5,7,9,13,17H,4,6,8,10-11H2,1-2H3. The Bertz CT molecular complexity index is 576. The predicted octanol–water partition coefficient (Wildman–Crippen LogP) is 0.829. The molecule has 21 heavy (non-hydrogen) atoms. The van der Waals surface area contributed by atoms with Crippen LogP contribution in [0.3, 0.4) is 0 Å². The summed E-state index contributed by atoms with van der Waals surface area (Å²) in [6, 6.07) is 7.33. The SMILES string of the molecule is COc1cccc(CN(C)S(=O)(=O)N2CCCC(O)C2)c1. The second-order valence-corrected chi connectivity index (χ2v) is 7.30. The molecular formula is C14H22N2O4S. The maximum atomic E-state index is 12.5. The minimum Gasteiger partial charge on any atom is -0.497 e. The van der Waals surface area contributed by atoms with Gasteiger partial charge in [0, 0.05) is 26.7 Å². The number of piperidine rings is 1. The minimum absolute atomic E-state index is 0.171. The average molecular weight is 314 g/mol. The van der Waals surface area contributed by atoms with Gasteiger partial charge in [-0.25, -0.2) is 0 Å². The average Bonchev–Trinajstić information content (AvgIpc) is 2.47. The lowest BCUT2D eigenvalue weighted by Gasteiger charge is -2.32. The van der Waals surface area contributed by atoms with Crippen molar-refractivity contribution in [3.63, 3.8) is 0 Å². The van der Waals surface area contributed by atoms with Gasteiger partial charge in [-0.15, -0.1) is 0 Å². The molecule has 1 saturated heterocycles. The van der Waals surface area contributed by atoms with Gasteiger partial charge in [0.15, 0.2) is 0 Å². The summed E-state index contributed by atoms with van der Waals surface area (Å²) in [5, 5.41) is 9.64. The van der Waals surface area contributed by atoms with Crippen LogP contribution in [0.1, 0.15) is 18.4 Å². The Labute approximate surface area is 126 Å². The smallest absolute Gasteiger partial charge is 0.282 e. The molecule has 1 aromatic carbocycles. The van der Waals surface area contributed by atoms with Crippen molar-refractivity contribution in [2.75, 3.05) is 27.2 Å². The number of nitrogens with zero attached hydrogens (tertiary/aromatic N) is 2. The first kappa shape index (κ1) is 16.2. The Balaban J connectivity index is 2.08. The van der Waals surface area contributed by atoms with Crippen LogP contribution in [0.25, 0.3) is 0 Å². The van der Waals surface area contributed by atoms with Crippen molar-refractivity contribution < 1.29 is 18.3 Å². The highest BCUT2D eigenvalue weighted by Gasteiger charge is 2.31. The second-order valence-electron chi connectivity index (χ2n) is 5.27. The topological polar surface area (TPSA) is 70.1 Å². The first-order valence-corrected chi connectivity index (χ1v) is 8.35. The van der Waals surface area contributed by atoms with Gasteiger partial charge in [-0.2, -0.15) is 17.0 Å². The van der Waals surface area contributed by atoms with Crippen LogP contribution < -0.4 is 4.74 Å². The third-order valence-electron chi connectivity index (χ3n) is 3.62. The molecule has 0 aliphatic carbocycles. The molecule has 0 bridgehead atoms. The fourth-order valence-electron chi connectivity index (χ4n) is 2.44. The lowest BCUT2D eigenvalue weighted by Crippen LogP contribution is -2.47. The van der Waals surface area contributed by atoms with Crippen molar-refractivity contribution in [3.05, 3.63) is 29.8 Å². The lowest BCUT2D eigenvalue weighted by atomic mass is 10.1. The largest absolute Gasteiger partial charge is 0.497 e. The van der Waals surface area contributed by atoms with Crippen LogP contribution in [0.2, 0.25) is 0 Å². The Morgan fingerprint density at radius 1 is 1.48 bits per heavy atom. The maximum absolute atomic E-state index is 12.5. The van der Waals surface area contributed by atoms with Crippen LogP contribution in [-0.4, -0.2) is 55.5 Å². The fraction of sp³-hybridized carbons (Fsp3) is 0.571. The Hall–Kier alpha value is -1.15. The molecule has 118 valence electrons. The number of aliphatic hydroxyl groups excluding tert-OH is 1. The zero-order valence-electron chi connectivity index (χ0n) is 12.4. The molecule has 1 aliphatic rings. The molecule has 1 heterocycles. The molecule has 7 heteroatoms. The monoisotopic (exact) mass is 314 g/mol. The van der Waals surface area contributed by atoms with Crippen molar-refractivity contribution in [3.8, 4) is 5.75 Å². The molecule has 1 aromatic rings. The highest BCUT2D eigenvalue weighted by atomic mass is 32.2. The highest BCUT2D eigenvalue weighted by Crippen LogP contribution is 2.19. The van der Waals surface area contributed by atoms with Crippen molar-refractivity contribution in [2.45, 2.75) is 25.5 Å². The number of benzene rings is 1. The predicted molar refractivity (Wildman–Crippen MR) is 80.2 cm³/mol. The molecule has 1 N–H and O–H groups in total. The first-order chi connectivity index (χ1) is 9.93. The van der Waals surface area contributed by atoms with Crippen LogP contribution in [-0.2, 0) is 16.8 Å². The summed E-state index contributed by atoms with van der Waals surface area (Å²) < 4.78 is 32.8. The van der Waals surface area contributed by atoms with Gasteiger partial charge < -0.3 is 9.84 Å². The van der Waals surface area contributed by atoms with E-state index in [2.05, 4.69) is 0 Å². The van der Waals surface area contributed by atoms with Gasteiger partial charge in [-0.05, 0) is 30.5 Å². The van der Waals surface area contributed by atoms with Gasteiger partial charge >= 0.3 is 0 Å². The number of methoxy groups -OCH3 is 1. The van der Waals surface area contributed by atoms with E-state index in [0.717, 1.165) is 5.56 Å². The first-order valence-electron chi connectivity index (χ1n) is 6.96. The lowest BCUT2D eigenvalue weighted by molar-refractivity contribution is 0.105. The second kappa shape index (κ2) is 6.74. The molecule has 6 nitrogen and oxygen atoms in total. The van der Waals surface area contributed by atoms with E-state index in [9.17, 15) is 13.5 Å². The van der Waals surface area contributed by atoms with E-state index >= 15 is 0 Å². The van der Waals surface area contributed by atoms with Crippen molar-refractivity contribution in [1.29, 1.82) is 0 Å². The van der Waals surface area contributed by atoms with Crippen molar-refractivity contribution >= 4 is 10.2 Å². The third kappa shape index (κ3) is 3.94. The molecule has 1 unspecified atom stereocenters. The number of hydrogen-bond donors (Lipinski definition) is 1. The molecule has 0 spiro atoms. The molecule has 0 radical (unpaired) electrons. The van der Waals surface area contributed by atoms with Crippen LogP contribution in [0.15, 0.2) is 24.3 Å². The third-order valence-corrected chi connectivity index (χ3v) is 5.52. The number of aliphatic hydroxyl groups is 1. The van der Waals surface area contributed by atoms with Gasteiger partial charge in [0.05, 0.1) is 13.2 Å². The van der Waals surface area contributed by atoms with Gasteiger partial charge in [0.1, 0.15) is 5.75 Å². The number of hydrogen-bond acceptors (Lipinski definition) is 4. The van der Waals surface area contributed by atoms with Crippen molar-refractivity contribution in [2.24, 2.45) is 0 Å². The van der Waals surface area contributed by atoms with E-state index in [1.807, 2.05) is 24.3 Å². The van der Waals surface area contributed by atoms with Gasteiger partial charge in [-0.3, -0.25) is 0 Å². The van der Waals surface area contributed by atoms with E-state index < -0.39 is 16.3 Å². The van der Waals surface area contributed by atoms with E-state index in [-0.39, 0.29) is 13.1 Å². The molecule has 0 aromatic heterocycles. The quantitative estimate of drug-likeness (QED) is 0.874. The Kier molecular flexibility index (Phi) is 5.21. The van der Waals surface area contributed by atoms with Crippen LogP contribution in [0.4, 0.5) is 0 Å². The van der Waals surface area contributed by atoms with E-state index in [0.29, 0.717) is 25.1 Å². The Morgan fingerprint density at radius 2 is 2.24 bits per heavy atom. The summed E-state index contributed by atoms with van der Waals surface area (Å²) >= 11 is 0. The zero-order valence-corrected chi connectivity index (χ0v) is 13.2. The Morgan fingerprint density at radius 3 is 2.90 bits per heavy atom. The maximum Gasteiger partial charge on any atom is 0.282 e. The van der Waals surface area contributed by atoms with E-state index in [1.165, 1.54) is 8.61 Å². The van der Waals surface area contributed by atoms with Crippen LogP contribution in [0, 0.1) is 0 Å². The fourth-order valence-corrected chi connectivity index (χ4v) is 3.86. The highest BCUT2D eigenvalue weighted by molar-refractivity contribution is 7.86. The molecule has 1 atom stereocenters. The molecule has 1 fully saturated rings. The molecular weight excluding hydrogens is 292 g/mol. The minimum atomic E-state index is -3.55. The van der Waals surface area contributed by atoms with Crippen LogP contribution in [0.5, 0.6) is 5.75 Å². The van der Waals surface area contributed by atoms with Gasteiger partial charge in [0.25, 0.3) is 10.2 Å². The summed E-state index contributed by atoms with van der Waals surface area (Å²) in [5.74, 6) is 0.701. The summed E-state index contributed by atoms with van der Waals surface area (Å²) in [6.45, 7) is 0.902. The molecule has 2 rings (SSSR count). The number of rotatable bonds is 5. The van der Waals surface area contributed by atoms with Gasteiger partial charge in [-0.1, -0.05) is 12.1 Å². The summed E-state index contributed by atoms with van der Waals surface area (Å²) in [4.78, 5) is 0. The molecule has 0 amide bonds. The summed E-state index contributed by atoms with van der Waals surface area (Å²) in [6.07, 6.45) is 0.776. The normalized spacial score (nSPS) is 20.7. The van der Waals surface area contributed by atoms with E-state index in [4.69, 9.17) is 4.74 Å². The zero-order chi connectivity index (χ0) is 15.5. The van der Waals surface area contributed by atoms with Gasteiger partial charge in [0.2, 0.25) is 0 Å². The number of ether oxygens (including phenoxy) is 1. The van der Waals surface area contributed by atoms with Crippen molar-refractivity contribution in [1.82, 2.24) is 8.61 Å². The van der Waals surface area contributed by atoms with E-state index in [1.54, 1.807) is 14.2 Å². The van der Waals surface area contributed by atoms with Crippen LogP contribution >= 0.6 is 0 Å². The molecule has 0 saturated carbocycles. The summed E-state index contributed by atoms with van der Waals surface area (Å²) in [5.41, 5.74) is 0.859. The molecule has 1 aliphatic heterocycles. The number of β-amino-alcohol motifs (C(OH)–C–C–N with tert-alkyl or cyclic N) is 1. The summed E-state index contributed by atoms with van der Waals surface area (Å²) in [7, 11) is -0.417.